The highest BCUT2D eigenvalue weighted by Crippen LogP contribution is 2.25. The molecule has 0 saturated carbocycles. The van der Waals surface area contributed by atoms with Crippen molar-refractivity contribution in [2.24, 2.45) is 5.92 Å². The van der Waals surface area contributed by atoms with E-state index in [1.54, 1.807) is 7.11 Å². The van der Waals surface area contributed by atoms with Gasteiger partial charge in [-0.3, -0.25) is 4.79 Å². The van der Waals surface area contributed by atoms with E-state index in [2.05, 4.69) is 5.32 Å². The average molecular weight is 295 g/mol. The van der Waals surface area contributed by atoms with Gasteiger partial charge in [0.1, 0.15) is 6.61 Å². The first-order chi connectivity index (χ1) is 10.2. The first-order valence-corrected chi connectivity index (χ1v) is 7.01. The number of nitrogens with one attached hydrogen (secondary N) is 1. The molecule has 0 aromatic heterocycles. The molecule has 2 atom stereocenters. The van der Waals surface area contributed by atoms with Gasteiger partial charge in [-0.15, -0.1) is 0 Å². The van der Waals surface area contributed by atoms with Crippen LogP contribution in [0.5, 0.6) is 11.5 Å². The molecule has 21 heavy (non-hydrogen) atoms. The monoisotopic (exact) mass is 295 g/mol. The number of hydrogen-bond donors (Lipinski definition) is 2. The summed E-state index contributed by atoms with van der Waals surface area (Å²) in [4.78, 5) is 11.0. The molecule has 2 N–H and O–H groups in total. The fourth-order valence-electron chi connectivity index (χ4n) is 2.32. The maximum atomic E-state index is 11.0. The fourth-order valence-corrected chi connectivity index (χ4v) is 2.32. The SMILES string of the molecule is COc1ccccc1OCCOC1CNCC(C(=O)O)C1. The molecule has 1 saturated heterocycles. The Kier molecular flexibility index (Phi) is 5.83. The minimum absolute atomic E-state index is 0.0823. The van der Waals surface area contributed by atoms with Crippen LogP contribution in [0.2, 0.25) is 0 Å². The zero-order chi connectivity index (χ0) is 15.1. The Hall–Kier alpha value is -1.79. The molecule has 1 heterocycles. The summed E-state index contributed by atoms with van der Waals surface area (Å²) in [7, 11) is 1.60. The van der Waals surface area contributed by atoms with Crippen LogP contribution >= 0.6 is 0 Å². The summed E-state index contributed by atoms with van der Waals surface area (Å²) in [5, 5.41) is 12.1. The Labute approximate surface area is 124 Å². The zero-order valence-corrected chi connectivity index (χ0v) is 12.1. The highest BCUT2D eigenvalue weighted by molar-refractivity contribution is 5.70. The number of ether oxygens (including phenoxy) is 3. The largest absolute Gasteiger partial charge is 0.493 e. The number of hydrogen-bond acceptors (Lipinski definition) is 5. The lowest BCUT2D eigenvalue weighted by Gasteiger charge is -2.27. The van der Waals surface area contributed by atoms with Crippen LogP contribution in [0.3, 0.4) is 0 Å². The lowest BCUT2D eigenvalue weighted by Crippen LogP contribution is -2.43. The molecule has 1 aliphatic rings. The maximum Gasteiger partial charge on any atom is 0.307 e. The van der Waals surface area contributed by atoms with Gasteiger partial charge in [-0.25, -0.2) is 0 Å². The van der Waals surface area contributed by atoms with Gasteiger partial charge in [0.25, 0.3) is 0 Å². The van der Waals surface area contributed by atoms with Crippen molar-refractivity contribution in [3.63, 3.8) is 0 Å². The number of para-hydroxylation sites is 2. The van der Waals surface area contributed by atoms with E-state index in [0.29, 0.717) is 44.2 Å². The Morgan fingerprint density at radius 2 is 2.05 bits per heavy atom. The molecule has 6 heteroatoms. The van der Waals surface area contributed by atoms with E-state index >= 15 is 0 Å². The van der Waals surface area contributed by atoms with Crippen LogP contribution < -0.4 is 14.8 Å². The fraction of sp³-hybridized carbons (Fsp3) is 0.533. The minimum Gasteiger partial charge on any atom is -0.493 e. The van der Waals surface area contributed by atoms with Crippen LogP contribution in [0.1, 0.15) is 6.42 Å². The molecule has 1 aliphatic heterocycles. The van der Waals surface area contributed by atoms with Crippen molar-refractivity contribution in [3.05, 3.63) is 24.3 Å². The second kappa shape index (κ2) is 7.85. The first-order valence-electron chi connectivity index (χ1n) is 7.01. The highest BCUT2D eigenvalue weighted by Gasteiger charge is 2.27. The molecule has 0 radical (unpaired) electrons. The molecule has 116 valence electrons. The maximum absolute atomic E-state index is 11.0. The summed E-state index contributed by atoms with van der Waals surface area (Å²) in [6.07, 6.45) is 0.456. The van der Waals surface area contributed by atoms with Crippen molar-refractivity contribution in [2.75, 3.05) is 33.4 Å². The number of aliphatic carboxylic acids is 1. The molecule has 0 aliphatic carbocycles. The number of carboxylic acid groups (broad SMARTS) is 1. The van der Waals surface area contributed by atoms with Gasteiger partial charge in [0.15, 0.2) is 11.5 Å². The summed E-state index contributed by atoms with van der Waals surface area (Å²) >= 11 is 0. The van der Waals surface area contributed by atoms with Gasteiger partial charge >= 0.3 is 5.97 Å². The van der Waals surface area contributed by atoms with E-state index in [1.165, 1.54) is 0 Å². The molecule has 1 fully saturated rings. The number of piperidine rings is 1. The van der Waals surface area contributed by atoms with Crippen molar-refractivity contribution in [1.82, 2.24) is 5.32 Å². The molecule has 0 bridgehead atoms. The summed E-state index contributed by atoms with van der Waals surface area (Å²) in [6, 6.07) is 7.42. The topological polar surface area (TPSA) is 77.0 Å². The second-order valence-electron chi connectivity index (χ2n) is 4.92. The number of methoxy groups -OCH3 is 1. The van der Waals surface area contributed by atoms with E-state index in [9.17, 15) is 4.79 Å². The summed E-state index contributed by atoms with van der Waals surface area (Å²) in [6.45, 7) is 2.00. The first kappa shape index (κ1) is 15.6. The third-order valence-electron chi connectivity index (χ3n) is 3.42. The number of rotatable bonds is 7. The van der Waals surface area contributed by atoms with E-state index in [0.717, 1.165) is 0 Å². The molecular formula is C15H21NO5. The normalized spacial score (nSPS) is 21.8. The Bertz CT molecular complexity index is 465. The Morgan fingerprint density at radius 1 is 1.29 bits per heavy atom. The predicted molar refractivity (Wildman–Crippen MR) is 76.8 cm³/mol. The van der Waals surface area contributed by atoms with Crippen molar-refractivity contribution in [3.8, 4) is 11.5 Å². The van der Waals surface area contributed by atoms with Crippen LogP contribution in [-0.2, 0) is 9.53 Å². The van der Waals surface area contributed by atoms with Gasteiger partial charge in [0.05, 0.1) is 25.7 Å². The number of carbonyl (C=O) groups is 1. The molecule has 6 nitrogen and oxygen atoms in total. The van der Waals surface area contributed by atoms with E-state index in [1.807, 2.05) is 24.3 Å². The van der Waals surface area contributed by atoms with Gasteiger partial charge in [-0.1, -0.05) is 12.1 Å². The Balaban J connectivity index is 1.71. The summed E-state index contributed by atoms with van der Waals surface area (Å²) in [5.74, 6) is 0.205. The van der Waals surface area contributed by atoms with Crippen molar-refractivity contribution in [2.45, 2.75) is 12.5 Å². The van der Waals surface area contributed by atoms with E-state index in [-0.39, 0.29) is 12.0 Å². The molecule has 2 rings (SSSR count). The average Bonchev–Trinajstić information content (AvgIpc) is 2.52. The van der Waals surface area contributed by atoms with Crippen LogP contribution in [0.25, 0.3) is 0 Å². The van der Waals surface area contributed by atoms with Crippen LogP contribution in [-0.4, -0.2) is 50.6 Å². The highest BCUT2D eigenvalue weighted by atomic mass is 16.5. The van der Waals surface area contributed by atoms with Crippen molar-refractivity contribution < 1.29 is 24.1 Å². The molecule has 0 amide bonds. The van der Waals surface area contributed by atoms with E-state index in [4.69, 9.17) is 19.3 Å². The van der Waals surface area contributed by atoms with Gasteiger partial charge in [0.2, 0.25) is 0 Å². The van der Waals surface area contributed by atoms with Gasteiger partial charge in [0, 0.05) is 13.1 Å². The zero-order valence-electron chi connectivity index (χ0n) is 12.1. The Morgan fingerprint density at radius 3 is 2.76 bits per heavy atom. The van der Waals surface area contributed by atoms with Crippen molar-refractivity contribution >= 4 is 5.97 Å². The number of benzene rings is 1. The van der Waals surface area contributed by atoms with E-state index < -0.39 is 5.97 Å². The predicted octanol–water partition coefficient (Wildman–Crippen LogP) is 1.15. The third kappa shape index (κ3) is 4.61. The van der Waals surface area contributed by atoms with Crippen LogP contribution in [0, 0.1) is 5.92 Å². The lowest BCUT2D eigenvalue weighted by atomic mass is 9.98. The van der Waals surface area contributed by atoms with Gasteiger partial charge in [-0.05, 0) is 18.6 Å². The standard InChI is InChI=1S/C15H21NO5/c1-19-13-4-2-3-5-14(13)21-7-6-20-12-8-11(15(17)18)9-16-10-12/h2-5,11-12,16H,6-10H2,1H3,(H,17,18). The smallest absolute Gasteiger partial charge is 0.307 e. The summed E-state index contributed by atoms with van der Waals surface area (Å²) in [5.41, 5.74) is 0. The summed E-state index contributed by atoms with van der Waals surface area (Å²) < 4.78 is 16.5. The molecule has 0 spiro atoms. The van der Waals surface area contributed by atoms with Crippen LogP contribution in [0.15, 0.2) is 24.3 Å². The van der Waals surface area contributed by atoms with Gasteiger partial charge < -0.3 is 24.6 Å². The number of carboxylic acids is 1. The quantitative estimate of drug-likeness (QED) is 0.735. The van der Waals surface area contributed by atoms with Crippen LogP contribution in [0.4, 0.5) is 0 Å². The van der Waals surface area contributed by atoms with Crippen molar-refractivity contribution in [1.29, 1.82) is 0 Å². The molecule has 2 unspecified atom stereocenters. The minimum atomic E-state index is -0.777. The second-order valence-corrected chi connectivity index (χ2v) is 4.92. The molecule has 1 aromatic rings. The molecule has 1 aromatic carbocycles. The molecular weight excluding hydrogens is 274 g/mol. The lowest BCUT2D eigenvalue weighted by molar-refractivity contribution is -0.144. The van der Waals surface area contributed by atoms with Gasteiger partial charge in [-0.2, -0.15) is 0 Å². The third-order valence-corrected chi connectivity index (χ3v) is 3.42.